The fourth-order valence-corrected chi connectivity index (χ4v) is 2.54. The molecule has 2 aromatic rings. The van der Waals surface area contributed by atoms with Crippen LogP contribution in [0.5, 0.6) is 0 Å². The van der Waals surface area contributed by atoms with Crippen molar-refractivity contribution in [1.82, 2.24) is 0 Å². The molecular weight excluding hydrogens is 356 g/mol. The third kappa shape index (κ3) is 4.46. The van der Waals surface area contributed by atoms with E-state index in [1.807, 2.05) is 0 Å². The molecule has 25 heavy (non-hydrogen) atoms. The summed E-state index contributed by atoms with van der Waals surface area (Å²) in [5, 5.41) is 4.99. The van der Waals surface area contributed by atoms with Gasteiger partial charge in [-0.15, -0.1) is 0 Å². The molecule has 0 fully saturated rings. The zero-order valence-corrected chi connectivity index (χ0v) is 13.8. The molecule has 132 valence electrons. The summed E-state index contributed by atoms with van der Waals surface area (Å²) in [5.41, 5.74) is -0.274. The lowest BCUT2D eigenvalue weighted by Gasteiger charge is -2.09. The van der Waals surface area contributed by atoms with Crippen molar-refractivity contribution < 1.29 is 31.5 Å². The van der Waals surface area contributed by atoms with Gasteiger partial charge in [0.2, 0.25) is 15.8 Å². The molecule has 0 heterocycles. The molecule has 0 radical (unpaired) electrons. The summed E-state index contributed by atoms with van der Waals surface area (Å²) in [5.74, 6) is -3.69. The van der Waals surface area contributed by atoms with E-state index in [1.165, 1.54) is 19.1 Å². The number of carbonyl (C=O) groups excluding carboxylic acids is 2. The molecule has 0 aliphatic heterocycles. The van der Waals surface area contributed by atoms with Gasteiger partial charge in [-0.25, -0.2) is 27.1 Å². The van der Waals surface area contributed by atoms with E-state index in [4.69, 9.17) is 9.88 Å². The molecule has 0 atom stereocenters. The lowest BCUT2D eigenvalue weighted by molar-refractivity contribution is 0.0472. The highest BCUT2D eigenvalue weighted by Gasteiger charge is 2.19. The number of benzene rings is 2. The number of ether oxygens (including phenoxy) is 1. The maximum Gasteiger partial charge on any atom is 0.338 e. The first-order chi connectivity index (χ1) is 11.6. The summed E-state index contributed by atoms with van der Waals surface area (Å²) >= 11 is 0. The molecule has 0 saturated carbocycles. The first-order valence-electron chi connectivity index (χ1n) is 6.88. The van der Waals surface area contributed by atoms with Gasteiger partial charge in [-0.3, -0.25) is 4.79 Å². The monoisotopic (exact) mass is 369 g/mol. The van der Waals surface area contributed by atoms with Crippen LogP contribution in [0.2, 0.25) is 0 Å². The van der Waals surface area contributed by atoms with Gasteiger partial charge in [0.05, 0.1) is 16.0 Å². The van der Waals surface area contributed by atoms with E-state index < -0.39 is 45.6 Å². The second-order valence-electron chi connectivity index (χ2n) is 5.15. The first-order valence-corrected chi connectivity index (χ1v) is 8.43. The molecule has 0 spiro atoms. The van der Waals surface area contributed by atoms with E-state index in [-0.39, 0.29) is 10.5 Å². The number of primary sulfonamides is 1. The highest BCUT2D eigenvalue weighted by Crippen LogP contribution is 2.16. The number of hydrogen-bond donors (Lipinski definition) is 1. The fourth-order valence-electron chi connectivity index (χ4n) is 2.00. The second-order valence-corrected chi connectivity index (χ2v) is 6.71. The molecule has 9 heteroatoms. The average Bonchev–Trinajstić information content (AvgIpc) is 2.53. The van der Waals surface area contributed by atoms with E-state index in [0.717, 1.165) is 18.2 Å². The zero-order valence-electron chi connectivity index (χ0n) is 13.0. The Labute approximate surface area is 142 Å². The normalized spacial score (nSPS) is 11.2. The molecule has 0 bridgehead atoms. The van der Waals surface area contributed by atoms with E-state index in [0.29, 0.717) is 11.6 Å². The number of carbonyl (C=O) groups is 2. The number of hydrogen-bond acceptors (Lipinski definition) is 5. The van der Waals surface area contributed by atoms with Crippen molar-refractivity contribution in [1.29, 1.82) is 0 Å². The molecule has 2 aromatic carbocycles. The van der Waals surface area contributed by atoms with Crippen molar-refractivity contribution in [2.24, 2.45) is 5.14 Å². The number of Topliss-reactive ketones (excluding diaryl/α,β-unsaturated/α-hetero) is 1. The Morgan fingerprint density at radius 2 is 1.76 bits per heavy atom. The SMILES string of the molecule is Cc1ccc(S(N)(=O)=O)cc1C(=O)OCC(=O)c1cc(F)ccc1F. The van der Waals surface area contributed by atoms with E-state index >= 15 is 0 Å². The molecule has 2 N–H and O–H groups in total. The minimum atomic E-state index is -4.03. The van der Waals surface area contributed by atoms with Gasteiger partial charge in [0.15, 0.2) is 6.61 Å². The summed E-state index contributed by atoms with van der Waals surface area (Å²) in [6.45, 7) is 0.690. The molecule has 0 saturated heterocycles. The Hall–Kier alpha value is -2.65. The quantitative estimate of drug-likeness (QED) is 0.641. The summed E-state index contributed by atoms with van der Waals surface area (Å²) in [6, 6.07) is 5.90. The van der Waals surface area contributed by atoms with Crippen LogP contribution in [0.25, 0.3) is 0 Å². The van der Waals surface area contributed by atoms with Crippen LogP contribution in [0.4, 0.5) is 8.78 Å². The van der Waals surface area contributed by atoms with E-state index in [9.17, 15) is 26.8 Å². The maximum absolute atomic E-state index is 13.5. The van der Waals surface area contributed by atoms with Gasteiger partial charge in [-0.1, -0.05) is 6.07 Å². The van der Waals surface area contributed by atoms with Crippen molar-refractivity contribution in [2.45, 2.75) is 11.8 Å². The van der Waals surface area contributed by atoms with E-state index in [1.54, 1.807) is 0 Å². The predicted octanol–water partition coefficient (Wildman–Crippen LogP) is 1.96. The highest BCUT2D eigenvalue weighted by atomic mass is 32.2. The van der Waals surface area contributed by atoms with Crippen molar-refractivity contribution >= 4 is 21.8 Å². The molecular formula is C16H13F2NO5S. The standard InChI is InChI=1S/C16H13F2NO5S/c1-9-2-4-11(25(19,22)23)7-12(9)16(21)24-8-15(20)13-6-10(17)3-5-14(13)18/h2-7H,8H2,1H3,(H2,19,22,23). The van der Waals surface area contributed by atoms with E-state index in [2.05, 4.69) is 0 Å². The van der Waals surface area contributed by atoms with Crippen molar-refractivity contribution in [2.75, 3.05) is 6.61 Å². The summed E-state index contributed by atoms with van der Waals surface area (Å²) < 4.78 is 54.0. The van der Waals surface area contributed by atoms with Crippen LogP contribution in [0.15, 0.2) is 41.3 Å². The van der Waals surface area contributed by atoms with Crippen molar-refractivity contribution in [3.63, 3.8) is 0 Å². The lowest BCUT2D eigenvalue weighted by Crippen LogP contribution is -2.18. The van der Waals surface area contributed by atoms with Gasteiger partial charge >= 0.3 is 5.97 Å². The fraction of sp³-hybridized carbons (Fsp3) is 0.125. The summed E-state index contributed by atoms with van der Waals surface area (Å²) in [7, 11) is -4.03. The predicted molar refractivity (Wildman–Crippen MR) is 83.5 cm³/mol. The highest BCUT2D eigenvalue weighted by molar-refractivity contribution is 7.89. The van der Waals surface area contributed by atoms with Crippen LogP contribution in [-0.4, -0.2) is 26.8 Å². The van der Waals surface area contributed by atoms with Gasteiger partial charge < -0.3 is 4.74 Å². The van der Waals surface area contributed by atoms with Crippen LogP contribution < -0.4 is 5.14 Å². The molecule has 6 nitrogen and oxygen atoms in total. The Balaban J connectivity index is 2.18. The summed E-state index contributed by atoms with van der Waals surface area (Å²) in [4.78, 5) is 23.6. The van der Waals surface area contributed by atoms with Crippen molar-refractivity contribution in [3.05, 3.63) is 64.7 Å². The molecule has 0 unspecified atom stereocenters. The smallest absolute Gasteiger partial charge is 0.338 e. The maximum atomic E-state index is 13.5. The minimum absolute atomic E-state index is 0.112. The number of esters is 1. The Kier molecular flexibility index (Phi) is 5.29. The minimum Gasteiger partial charge on any atom is -0.454 e. The molecule has 0 aliphatic carbocycles. The van der Waals surface area contributed by atoms with Crippen LogP contribution in [0.1, 0.15) is 26.3 Å². The number of aryl methyl sites for hydroxylation is 1. The Morgan fingerprint density at radius 3 is 2.40 bits per heavy atom. The number of ketones is 1. The Bertz CT molecular complexity index is 957. The van der Waals surface area contributed by atoms with Gasteiger partial charge in [-0.2, -0.15) is 0 Å². The average molecular weight is 369 g/mol. The molecule has 2 rings (SSSR count). The van der Waals surface area contributed by atoms with Gasteiger partial charge in [0.1, 0.15) is 11.6 Å². The summed E-state index contributed by atoms with van der Waals surface area (Å²) in [6.07, 6.45) is 0. The molecule has 0 aliphatic rings. The zero-order chi connectivity index (χ0) is 18.8. The van der Waals surface area contributed by atoms with Gasteiger partial charge in [0.25, 0.3) is 0 Å². The third-order valence-corrected chi connectivity index (χ3v) is 4.23. The third-order valence-electron chi connectivity index (χ3n) is 3.32. The van der Waals surface area contributed by atoms with Gasteiger partial charge in [-0.05, 0) is 42.8 Å². The Morgan fingerprint density at radius 1 is 1.08 bits per heavy atom. The number of rotatable bonds is 5. The number of sulfonamides is 1. The van der Waals surface area contributed by atoms with Crippen LogP contribution in [0, 0.1) is 18.6 Å². The van der Waals surface area contributed by atoms with Crippen molar-refractivity contribution in [3.8, 4) is 0 Å². The largest absolute Gasteiger partial charge is 0.454 e. The molecule has 0 amide bonds. The molecule has 0 aromatic heterocycles. The number of halogens is 2. The topological polar surface area (TPSA) is 104 Å². The number of nitrogens with two attached hydrogens (primary N) is 1. The second kappa shape index (κ2) is 7.08. The first kappa shape index (κ1) is 18.7. The lowest BCUT2D eigenvalue weighted by atomic mass is 10.1. The van der Waals surface area contributed by atoms with Crippen LogP contribution in [0.3, 0.4) is 0 Å². The van der Waals surface area contributed by atoms with Crippen LogP contribution in [-0.2, 0) is 14.8 Å². The van der Waals surface area contributed by atoms with Gasteiger partial charge in [0, 0.05) is 0 Å². The van der Waals surface area contributed by atoms with Crippen LogP contribution >= 0.6 is 0 Å².